The van der Waals surface area contributed by atoms with Crippen LogP contribution in [0.25, 0.3) is 0 Å². The molecule has 0 aliphatic rings. The molecule has 2 rings (SSSR count). The fraction of sp³-hybridized carbons (Fsp3) is 0.250. The summed E-state index contributed by atoms with van der Waals surface area (Å²) in [6, 6.07) is 11.4. The van der Waals surface area contributed by atoms with Gasteiger partial charge in [0.1, 0.15) is 0 Å². The van der Waals surface area contributed by atoms with Crippen molar-refractivity contribution in [3.63, 3.8) is 0 Å². The highest BCUT2D eigenvalue weighted by molar-refractivity contribution is 5.53. The monoisotopic (exact) mass is 259 g/mol. The number of benzene rings is 2. The molecule has 0 unspecified atom stereocenters. The Hall–Kier alpha value is -2.03. The Kier molecular flexibility index (Phi) is 4.05. The molecule has 3 heteroatoms. The van der Waals surface area contributed by atoms with Crippen LogP contribution in [0.1, 0.15) is 16.7 Å². The molecule has 0 aliphatic carbocycles. The highest BCUT2D eigenvalue weighted by atomic mass is 19.1. The van der Waals surface area contributed by atoms with E-state index < -0.39 is 0 Å². The number of rotatable bonds is 4. The van der Waals surface area contributed by atoms with Gasteiger partial charge in [-0.1, -0.05) is 24.3 Å². The number of nitrogens with one attached hydrogen (secondary N) is 1. The van der Waals surface area contributed by atoms with Crippen molar-refractivity contribution in [1.29, 1.82) is 0 Å². The predicted molar refractivity (Wildman–Crippen MR) is 76.2 cm³/mol. The Labute approximate surface area is 113 Å². The van der Waals surface area contributed by atoms with Crippen molar-refractivity contribution in [1.82, 2.24) is 0 Å². The minimum absolute atomic E-state index is 0.278. The first kappa shape index (κ1) is 13.4. The molecule has 0 radical (unpaired) electrons. The van der Waals surface area contributed by atoms with Gasteiger partial charge in [-0.05, 0) is 37.1 Å². The van der Waals surface area contributed by atoms with E-state index in [4.69, 9.17) is 4.74 Å². The van der Waals surface area contributed by atoms with Gasteiger partial charge in [0.25, 0.3) is 0 Å². The zero-order chi connectivity index (χ0) is 13.8. The van der Waals surface area contributed by atoms with Crippen molar-refractivity contribution in [2.45, 2.75) is 20.4 Å². The lowest BCUT2D eigenvalue weighted by atomic mass is 10.1. The van der Waals surface area contributed by atoms with Gasteiger partial charge >= 0.3 is 0 Å². The van der Waals surface area contributed by atoms with E-state index in [0.29, 0.717) is 12.1 Å². The first-order chi connectivity index (χ1) is 9.11. The number of methoxy groups -OCH3 is 1. The standard InChI is InChI=1S/C16H18FNO/c1-11-7-8-12(2)14(9-11)18-10-13-5-4-6-15(19-3)16(13)17/h4-9,18H,10H2,1-3H3. The summed E-state index contributed by atoms with van der Waals surface area (Å²) in [6.07, 6.45) is 0. The van der Waals surface area contributed by atoms with E-state index in [2.05, 4.69) is 23.5 Å². The molecule has 2 aromatic rings. The molecule has 0 atom stereocenters. The Balaban J connectivity index is 2.17. The third-order valence-electron chi connectivity index (χ3n) is 3.13. The van der Waals surface area contributed by atoms with Crippen molar-refractivity contribution >= 4 is 5.69 Å². The summed E-state index contributed by atoms with van der Waals surface area (Å²) in [4.78, 5) is 0. The summed E-state index contributed by atoms with van der Waals surface area (Å²) in [5, 5.41) is 3.27. The van der Waals surface area contributed by atoms with Crippen molar-refractivity contribution < 1.29 is 9.13 Å². The van der Waals surface area contributed by atoms with Crippen LogP contribution < -0.4 is 10.1 Å². The second-order valence-electron chi connectivity index (χ2n) is 4.61. The summed E-state index contributed by atoms with van der Waals surface area (Å²) in [5.74, 6) is -0.0249. The lowest BCUT2D eigenvalue weighted by Crippen LogP contribution is -2.04. The minimum atomic E-state index is -0.303. The van der Waals surface area contributed by atoms with Gasteiger partial charge in [-0.3, -0.25) is 0 Å². The molecule has 0 fully saturated rings. The van der Waals surface area contributed by atoms with Crippen LogP contribution in [0.15, 0.2) is 36.4 Å². The zero-order valence-corrected chi connectivity index (χ0v) is 11.5. The van der Waals surface area contributed by atoms with Gasteiger partial charge in [0.2, 0.25) is 0 Å². The van der Waals surface area contributed by atoms with Crippen LogP contribution >= 0.6 is 0 Å². The summed E-state index contributed by atoms with van der Waals surface area (Å²) in [5.41, 5.74) is 3.95. The number of hydrogen-bond donors (Lipinski definition) is 1. The molecule has 100 valence electrons. The van der Waals surface area contributed by atoms with Gasteiger partial charge in [-0.15, -0.1) is 0 Å². The highest BCUT2D eigenvalue weighted by Crippen LogP contribution is 2.22. The Morgan fingerprint density at radius 3 is 2.68 bits per heavy atom. The molecule has 1 N–H and O–H groups in total. The molecular weight excluding hydrogens is 241 g/mol. The maximum atomic E-state index is 14.0. The molecule has 0 aliphatic heterocycles. The zero-order valence-electron chi connectivity index (χ0n) is 11.5. The van der Waals surface area contributed by atoms with E-state index in [9.17, 15) is 4.39 Å². The molecule has 0 bridgehead atoms. The molecule has 2 aromatic carbocycles. The molecule has 0 saturated heterocycles. The largest absolute Gasteiger partial charge is 0.494 e. The van der Waals surface area contributed by atoms with Gasteiger partial charge in [-0.25, -0.2) is 4.39 Å². The number of anilines is 1. The van der Waals surface area contributed by atoms with Crippen LogP contribution in [0.3, 0.4) is 0 Å². The molecule has 0 heterocycles. The van der Waals surface area contributed by atoms with E-state index in [1.807, 2.05) is 13.8 Å². The Morgan fingerprint density at radius 2 is 1.95 bits per heavy atom. The fourth-order valence-corrected chi connectivity index (χ4v) is 1.97. The van der Waals surface area contributed by atoms with Gasteiger partial charge in [0, 0.05) is 17.8 Å². The predicted octanol–water partition coefficient (Wildman–Crippen LogP) is 4.06. The van der Waals surface area contributed by atoms with Crippen LogP contribution in [0.4, 0.5) is 10.1 Å². The van der Waals surface area contributed by atoms with Crippen LogP contribution in [0.5, 0.6) is 5.75 Å². The van der Waals surface area contributed by atoms with E-state index in [1.54, 1.807) is 18.2 Å². The molecular formula is C16H18FNO. The third kappa shape index (κ3) is 3.05. The van der Waals surface area contributed by atoms with Crippen LogP contribution in [0, 0.1) is 19.7 Å². The smallest absolute Gasteiger partial charge is 0.170 e. The molecule has 19 heavy (non-hydrogen) atoms. The average Bonchev–Trinajstić information content (AvgIpc) is 2.41. The van der Waals surface area contributed by atoms with Gasteiger partial charge in [-0.2, -0.15) is 0 Å². The number of ether oxygens (including phenoxy) is 1. The number of hydrogen-bond acceptors (Lipinski definition) is 2. The average molecular weight is 259 g/mol. The summed E-state index contributed by atoms with van der Waals surface area (Å²) < 4.78 is 19.0. The van der Waals surface area contributed by atoms with Crippen molar-refractivity contribution in [2.75, 3.05) is 12.4 Å². The Bertz CT molecular complexity index is 581. The SMILES string of the molecule is COc1cccc(CNc2cc(C)ccc2C)c1F. The quantitative estimate of drug-likeness (QED) is 0.894. The van der Waals surface area contributed by atoms with E-state index in [1.165, 1.54) is 12.7 Å². The topological polar surface area (TPSA) is 21.3 Å². The second-order valence-corrected chi connectivity index (χ2v) is 4.61. The van der Waals surface area contributed by atoms with Crippen LogP contribution in [-0.4, -0.2) is 7.11 Å². The molecule has 2 nitrogen and oxygen atoms in total. The molecule has 0 saturated carbocycles. The third-order valence-corrected chi connectivity index (χ3v) is 3.13. The fourth-order valence-electron chi connectivity index (χ4n) is 1.97. The summed E-state index contributed by atoms with van der Waals surface area (Å²) in [7, 11) is 1.47. The van der Waals surface area contributed by atoms with E-state index in [-0.39, 0.29) is 11.6 Å². The van der Waals surface area contributed by atoms with Gasteiger partial charge in [0.15, 0.2) is 11.6 Å². The number of aryl methyl sites for hydroxylation is 2. The lowest BCUT2D eigenvalue weighted by molar-refractivity contribution is 0.384. The maximum absolute atomic E-state index is 14.0. The van der Waals surface area contributed by atoms with Crippen LogP contribution in [0.2, 0.25) is 0 Å². The summed E-state index contributed by atoms with van der Waals surface area (Å²) >= 11 is 0. The molecule has 0 aromatic heterocycles. The first-order valence-corrected chi connectivity index (χ1v) is 6.24. The summed E-state index contributed by atoms with van der Waals surface area (Å²) in [6.45, 7) is 4.51. The van der Waals surface area contributed by atoms with Crippen molar-refractivity contribution in [3.8, 4) is 5.75 Å². The van der Waals surface area contributed by atoms with E-state index >= 15 is 0 Å². The van der Waals surface area contributed by atoms with Crippen molar-refractivity contribution in [3.05, 3.63) is 58.9 Å². The molecule has 0 spiro atoms. The number of halogens is 1. The lowest BCUT2D eigenvalue weighted by Gasteiger charge is -2.12. The maximum Gasteiger partial charge on any atom is 0.170 e. The Morgan fingerprint density at radius 1 is 1.16 bits per heavy atom. The normalized spacial score (nSPS) is 10.3. The van der Waals surface area contributed by atoms with Crippen LogP contribution in [-0.2, 0) is 6.54 Å². The molecule has 0 amide bonds. The van der Waals surface area contributed by atoms with Crippen molar-refractivity contribution in [2.24, 2.45) is 0 Å². The highest BCUT2D eigenvalue weighted by Gasteiger charge is 2.08. The second kappa shape index (κ2) is 5.74. The van der Waals surface area contributed by atoms with Gasteiger partial charge < -0.3 is 10.1 Å². The first-order valence-electron chi connectivity index (χ1n) is 6.24. The minimum Gasteiger partial charge on any atom is -0.494 e. The van der Waals surface area contributed by atoms with E-state index in [0.717, 1.165) is 11.3 Å². The van der Waals surface area contributed by atoms with Gasteiger partial charge in [0.05, 0.1) is 7.11 Å².